The van der Waals surface area contributed by atoms with Crippen LogP contribution in [0, 0.1) is 0 Å². The van der Waals surface area contributed by atoms with Gasteiger partial charge in [0, 0.05) is 7.11 Å². The van der Waals surface area contributed by atoms with Gasteiger partial charge in [0.1, 0.15) is 6.79 Å². The van der Waals surface area contributed by atoms with E-state index >= 15 is 0 Å². The molecule has 0 aromatic heterocycles. The lowest BCUT2D eigenvalue weighted by Gasteiger charge is -2.06. The Kier molecular flexibility index (Phi) is 4.53. The maximum absolute atomic E-state index is 8.86. The van der Waals surface area contributed by atoms with Crippen molar-refractivity contribution >= 4 is 12.9 Å². The molecule has 0 unspecified atom stereocenters. The Labute approximate surface area is 78.6 Å². The zero-order chi connectivity index (χ0) is 9.52. The molecule has 0 aliphatic carbocycles. The molecule has 0 atom stereocenters. The van der Waals surface area contributed by atoms with Gasteiger partial charge in [0.2, 0.25) is 0 Å². The molecule has 1 aromatic carbocycles. The summed E-state index contributed by atoms with van der Waals surface area (Å²) in [5.74, 6) is 0. The van der Waals surface area contributed by atoms with Gasteiger partial charge in [-0.15, -0.1) is 0 Å². The van der Waals surface area contributed by atoms with Gasteiger partial charge in [-0.05, 0) is 11.0 Å². The average molecular weight is 179 g/mol. The van der Waals surface area contributed by atoms with Crippen molar-refractivity contribution in [3.8, 4) is 0 Å². The number of hydrogen-bond acceptors (Lipinski definition) is 3. The number of rotatable bonds is 5. The Morgan fingerprint density at radius 2 is 2.15 bits per heavy atom. The molecule has 0 saturated carbocycles. The highest BCUT2D eigenvalue weighted by Gasteiger charge is 2.01. The highest BCUT2D eigenvalue weighted by atomic mass is 16.7. The normalized spacial score (nSPS) is 10.0. The molecule has 1 N–H and O–H groups in total. The van der Waals surface area contributed by atoms with Crippen LogP contribution >= 0.6 is 0 Å². The fourth-order valence-corrected chi connectivity index (χ4v) is 1.03. The first kappa shape index (κ1) is 10.2. The van der Waals surface area contributed by atoms with Gasteiger partial charge >= 0.3 is 7.48 Å². The second-order valence-electron chi connectivity index (χ2n) is 2.58. The van der Waals surface area contributed by atoms with Gasteiger partial charge < -0.3 is 14.5 Å². The molecule has 1 aromatic rings. The monoisotopic (exact) mass is 179 g/mol. The lowest BCUT2D eigenvalue weighted by Crippen LogP contribution is -2.19. The Morgan fingerprint density at radius 3 is 2.85 bits per heavy atom. The smallest absolute Gasteiger partial charge is 0.327 e. The summed E-state index contributed by atoms with van der Waals surface area (Å²) in [6.45, 7) is 0.709. The zero-order valence-electron chi connectivity index (χ0n) is 7.56. The van der Waals surface area contributed by atoms with E-state index in [1.54, 1.807) is 7.11 Å². The van der Waals surface area contributed by atoms with Crippen LogP contribution in [0.25, 0.3) is 0 Å². The summed E-state index contributed by atoms with van der Waals surface area (Å²) >= 11 is 0. The largest absolute Gasteiger partial charge is 0.450 e. The summed E-state index contributed by atoms with van der Waals surface area (Å²) in [5.41, 5.74) is 1.72. The molecule has 0 aliphatic rings. The third-order valence-electron chi connectivity index (χ3n) is 1.65. The molecule has 0 bridgehead atoms. The van der Waals surface area contributed by atoms with Crippen LogP contribution in [-0.2, 0) is 16.1 Å². The lowest BCUT2D eigenvalue weighted by molar-refractivity contribution is -0.0388. The summed E-state index contributed by atoms with van der Waals surface area (Å²) in [7, 11) is 2.65. The number of methoxy groups -OCH3 is 1. The minimum atomic E-state index is 0.264. The highest BCUT2D eigenvalue weighted by molar-refractivity contribution is 6.46. The number of ether oxygens (including phenoxy) is 2. The number of hydrogen-bond donors (Lipinski definition) is 1. The van der Waals surface area contributed by atoms with Crippen molar-refractivity contribution in [2.45, 2.75) is 6.61 Å². The summed E-state index contributed by atoms with van der Waals surface area (Å²) < 4.78 is 9.90. The first-order valence-corrected chi connectivity index (χ1v) is 4.00. The highest BCUT2D eigenvalue weighted by Crippen LogP contribution is 1.97. The fraction of sp³-hybridized carbons (Fsp3) is 0.333. The first-order chi connectivity index (χ1) is 6.38. The molecule has 0 heterocycles. The molecule has 0 aliphatic heterocycles. The van der Waals surface area contributed by atoms with E-state index in [9.17, 15) is 0 Å². The van der Waals surface area contributed by atoms with Crippen LogP contribution < -0.4 is 5.46 Å². The molecule has 3 nitrogen and oxygen atoms in total. The third kappa shape index (κ3) is 3.18. The van der Waals surface area contributed by atoms with Gasteiger partial charge in [0.15, 0.2) is 0 Å². The van der Waals surface area contributed by atoms with Crippen LogP contribution in [0.2, 0.25) is 0 Å². The molecular weight excluding hydrogens is 167 g/mol. The fourth-order valence-electron chi connectivity index (χ4n) is 1.03. The second-order valence-corrected chi connectivity index (χ2v) is 2.58. The average Bonchev–Trinajstić information content (AvgIpc) is 2.19. The molecule has 0 saturated heterocycles. The molecule has 4 heteroatoms. The molecule has 13 heavy (non-hydrogen) atoms. The summed E-state index contributed by atoms with van der Waals surface area (Å²) in [6, 6.07) is 7.49. The standard InChI is InChI=1S/C9H12BO3/c1-12-7-13-6-8-4-2-3-5-9(8)10-11/h2-5,11H,6-7H2,1H3. The Hall–Kier alpha value is -0.835. The maximum atomic E-state index is 8.86. The van der Waals surface area contributed by atoms with Crippen molar-refractivity contribution in [1.82, 2.24) is 0 Å². The lowest BCUT2D eigenvalue weighted by atomic mass is 9.85. The van der Waals surface area contributed by atoms with Gasteiger partial charge in [0.25, 0.3) is 0 Å². The Balaban J connectivity index is 2.54. The molecule has 1 radical (unpaired) electrons. The van der Waals surface area contributed by atoms with Gasteiger partial charge in [-0.2, -0.15) is 0 Å². The summed E-state index contributed by atoms with van der Waals surface area (Å²) in [6.07, 6.45) is 0. The van der Waals surface area contributed by atoms with Crippen molar-refractivity contribution in [3.63, 3.8) is 0 Å². The van der Waals surface area contributed by atoms with E-state index < -0.39 is 0 Å². The van der Waals surface area contributed by atoms with Crippen molar-refractivity contribution < 1.29 is 14.5 Å². The van der Waals surface area contributed by atoms with E-state index in [4.69, 9.17) is 14.5 Å². The van der Waals surface area contributed by atoms with Crippen LogP contribution in [0.5, 0.6) is 0 Å². The predicted octanol–water partition coefficient (Wildman–Crippen LogP) is 0.0439. The van der Waals surface area contributed by atoms with Crippen molar-refractivity contribution in [2.75, 3.05) is 13.9 Å². The van der Waals surface area contributed by atoms with Gasteiger partial charge in [-0.1, -0.05) is 24.3 Å². The van der Waals surface area contributed by atoms with Crippen LogP contribution in [0.4, 0.5) is 0 Å². The summed E-state index contributed by atoms with van der Waals surface area (Å²) in [4.78, 5) is 0. The Morgan fingerprint density at radius 1 is 1.38 bits per heavy atom. The zero-order valence-corrected chi connectivity index (χ0v) is 7.56. The van der Waals surface area contributed by atoms with Crippen LogP contribution in [-0.4, -0.2) is 26.4 Å². The predicted molar refractivity (Wildman–Crippen MR) is 50.7 cm³/mol. The van der Waals surface area contributed by atoms with Gasteiger partial charge in [-0.3, -0.25) is 0 Å². The van der Waals surface area contributed by atoms with Crippen molar-refractivity contribution in [1.29, 1.82) is 0 Å². The van der Waals surface area contributed by atoms with Crippen LogP contribution in [0.1, 0.15) is 5.56 Å². The summed E-state index contributed by atoms with van der Waals surface area (Å²) in [5, 5.41) is 8.86. The minimum absolute atomic E-state index is 0.264. The molecule has 0 fully saturated rings. The second kappa shape index (κ2) is 5.75. The van der Waals surface area contributed by atoms with E-state index in [-0.39, 0.29) is 6.79 Å². The van der Waals surface area contributed by atoms with Gasteiger partial charge in [-0.25, -0.2) is 0 Å². The van der Waals surface area contributed by atoms with Crippen molar-refractivity contribution in [2.24, 2.45) is 0 Å². The number of benzene rings is 1. The van der Waals surface area contributed by atoms with E-state index in [1.807, 2.05) is 24.3 Å². The molecule has 69 valence electrons. The molecule has 0 spiro atoms. The molecule has 0 amide bonds. The van der Waals surface area contributed by atoms with Crippen LogP contribution in [0.3, 0.4) is 0 Å². The van der Waals surface area contributed by atoms with Crippen LogP contribution in [0.15, 0.2) is 24.3 Å². The third-order valence-corrected chi connectivity index (χ3v) is 1.65. The van der Waals surface area contributed by atoms with E-state index in [1.165, 1.54) is 0 Å². The topological polar surface area (TPSA) is 38.7 Å². The quantitative estimate of drug-likeness (QED) is 0.394. The molecular formula is C9H12BO3. The van der Waals surface area contributed by atoms with Gasteiger partial charge in [0.05, 0.1) is 6.61 Å². The Bertz CT molecular complexity index is 252. The first-order valence-electron chi connectivity index (χ1n) is 4.00. The van der Waals surface area contributed by atoms with E-state index in [2.05, 4.69) is 0 Å². The maximum Gasteiger partial charge on any atom is 0.327 e. The minimum Gasteiger partial charge on any atom is -0.450 e. The SMILES string of the molecule is COCOCc1ccccc1[B]O. The van der Waals surface area contributed by atoms with E-state index in [0.29, 0.717) is 6.61 Å². The van der Waals surface area contributed by atoms with Crippen molar-refractivity contribution in [3.05, 3.63) is 29.8 Å². The van der Waals surface area contributed by atoms with E-state index in [0.717, 1.165) is 18.5 Å². The molecule has 1 rings (SSSR count).